The van der Waals surface area contributed by atoms with E-state index in [0.717, 1.165) is 0 Å². The van der Waals surface area contributed by atoms with E-state index in [1.165, 1.54) is 0 Å². The molecule has 96 valence electrons. The fraction of sp³-hybridized carbons (Fsp3) is 0.333. The van der Waals surface area contributed by atoms with Gasteiger partial charge < -0.3 is 0 Å². The SMILES string of the molecule is F/C=C(/F)C(F)(F)F.F/C=C(\F)C(F)(F)F. The summed E-state index contributed by atoms with van der Waals surface area (Å²) in [4.78, 5) is 0. The van der Waals surface area contributed by atoms with Crippen LogP contribution in [0.15, 0.2) is 24.3 Å². The highest BCUT2D eigenvalue weighted by atomic mass is 19.4. The molecule has 0 saturated heterocycles. The van der Waals surface area contributed by atoms with Gasteiger partial charge in [-0.3, -0.25) is 0 Å². The lowest BCUT2D eigenvalue weighted by Crippen LogP contribution is -2.06. The third-order valence-corrected chi connectivity index (χ3v) is 0.733. The highest BCUT2D eigenvalue weighted by molar-refractivity contribution is 4.93. The van der Waals surface area contributed by atoms with Gasteiger partial charge in [-0.15, -0.1) is 0 Å². The van der Waals surface area contributed by atoms with Crippen molar-refractivity contribution in [1.29, 1.82) is 0 Å². The molecule has 0 unspecified atom stereocenters. The first-order chi connectivity index (χ1) is 6.96. The predicted octanol–water partition coefficient (Wildman–Crippen LogP) is 4.66. The number of alkyl halides is 6. The van der Waals surface area contributed by atoms with Crippen LogP contribution in [-0.4, -0.2) is 12.4 Å². The van der Waals surface area contributed by atoms with Crippen molar-refractivity contribution in [3.63, 3.8) is 0 Å². The molecule has 0 fully saturated rings. The summed E-state index contributed by atoms with van der Waals surface area (Å²) in [5, 5.41) is 0. The van der Waals surface area contributed by atoms with E-state index in [4.69, 9.17) is 0 Å². The molecular weight excluding hydrogens is 262 g/mol. The normalized spacial score (nSPS) is 14.4. The van der Waals surface area contributed by atoms with Gasteiger partial charge in [0.25, 0.3) is 0 Å². The zero-order valence-corrected chi connectivity index (χ0v) is 6.93. The minimum absolute atomic E-state index is 1.12. The monoisotopic (exact) mass is 264 g/mol. The van der Waals surface area contributed by atoms with Gasteiger partial charge in [-0.25, -0.2) is 8.78 Å². The van der Waals surface area contributed by atoms with Crippen LogP contribution < -0.4 is 0 Å². The number of rotatable bonds is 0. The van der Waals surface area contributed by atoms with Gasteiger partial charge in [0.1, 0.15) is 12.7 Å². The maximum Gasteiger partial charge on any atom is 0.445 e. The fourth-order valence-corrected chi connectivity index (χ4v) is 0.124. The third kappa shape index (κ3) is 8.12. The van der Waals surface area contributed by atoms with Gasteiger partial charge in [0.15, 0.2) is 0 Å². The van der Waals surface area contributed by atoms with Crippen LogP contribution >= 0.6 is 0 Å². The Labute approximate surface area is 81.8 Å². The summed E-state index contributed by atoms with van der Waals surface area (Å²) in [5.74, 6) is -5.42. The molecule has 0 bridgehead atoms. The summed E-state index contributed by atoms with van der Waals surface area (Å²) < 4.78 is 108. The maximum absolute atomic E-state index is 11.0. The fourth-order valence-electron chi connectivity index (χ4n) is 0.124. The van der Waals surface area contributed by atoms with E-state index < -0.39 is 36.7 Å². The van der Waals surface area contributed by atoms with Gasteiger partial charge in [0.2, 0.25) is 11.7 Å². The lowest BCUT2D eigenvalue weighted by Gasteiger charge is -1.97. The van der Waals surface area contributed by atoms with Gasteiger partial charge in [-0.1, -0.05) is 0 Å². The molecule has 0 aliphatic heterocycles. The quantitative estimate of drug-likeness (QED) is 0.558. The summed E-state index contributed by atoms with van der Waals surface area (Å²) in [6.45, 7) is 0. The Balaban J connectivity index is 0. The topological polar surface area (TPSA) is 0 Å². The second kappa shape index (κ2) is 6.38. The smallest absolute Gasteiger partial charge is 0.212 e. The van der Waals surface area contributed by atoms with Crippen molar-refractivity contribution in [2.24, 2.45) is 0 Å². The lowest BCUT2D eigenvalue weighted by molar-refractivity contribution is -0.110. The van der Waals surface area contributed by atoms with Crippen LogP contribution in [0, 0.1) is 0 Å². The Morgan fingerprint density at radius 1 is 0.625 bits per heavy atom. The molecule has 0 spiro atoms. The summed E-state index contributed by atoms with van der Waals surface area (Å²) >= 11 is 0. The van der Waals surface area contributed by atoms with Crippen LogP contribution in [0.2, 0.25) is 0 Å². The average molecular weight is 264 g/mol. The minimum atomic E-state index is -5.17. The first-order valence-electron chi connectivity index (χ1n) is 3.03. The first kappa shape index (κ1) is 17.2. The third-order valence-electron chi connectivity index (χ3n) is 0.733. The first-order valence-corrected chi connectivity index (χ1v) is 3.03. The Morgan fingerprint density at radius 2 is 0.812 bits per heavy atom. The molecule has 0 amide bonds. The van der Waals surface area contributed by atoms with Crippen molar-refractivity contribution in [3.05, 3.63) is 24.3 Å². The Kier molecular flexibility index (Phi) is 6.85. The molecule has 0 rings (SSSR count). The van der Waals surface area contributed by atoms with Crippen molar-refractivity contribution in [2.75, 3.05) is 0 Å². The van der Waals surface area contributed by atoms with Gasteiger partial charge in [0, 0.05) is 0 Å². The highest BCUT2D eigenvalue weighted by Crippen LogP contribution is 2.26. The molecule has 0 radical (unpaired) electrons. The number of allylic oxidation sites excluding steroid dienone is 2. The second-order valence-electron chi connectivity index (χ2n) is 1.91. The van der Waals surface area contributed by atoms with E-state index in [1.54, 1.807) is 0 Å². The van der Waals surface area contributed by atoms with Crippen LogP contribution in [-0.2, 0) is 0 Å². The van der Waals surface area contributed by atoms with E-state index in [9.17, 15) is 43.9 Å². The van der Waals surface area contributed by atoms with Crippen LogP contribution in [0.3, 0.4) is 0 Å². The zero-order valence-electron chi connectivity index (χ0n) is 6.93. The van der Waals surface area contributed by atoms with E-state index in [0.29, 0.717) is 0 Å². The number of hydrogen-bond acceptors (Lipinski definition) is 0. The molecule has 0 nitrogen and oxygen atoms in total. The lowest BCUT2D eigenvalue weighted by atomic mass is 10.6. The van der Waals surface area contributed by atoms with Crippen LogP contribution in [0.1, 0.15) is 0 Å². The largest absolute Gasteiger partial charge is 0.445 e. The summed E-state index contributed by atoms with van der Waals surface area (Å²) in [7, 11) is 0. The van der Waals surface area contributed by atoms with Crippen molar-refractivity contribution >= 4 is 0 Å². The molecular formula is C6H2F10. The number of hydrogen-bond donors (Lipinski definition) is 0. The van der Waals surface area contributed by atoms with Crippen LogP contribution in [0.4, 0.5) is 43.9 Å². The minimum Gasteiger partial charge on any atom is -0.212 e. The molecule has 0 aromatic carbocycles. The molecule has 10 heteroatoms. The van der Waals surface area contributed by atoms with Crippen LogP contribution in [0.25, 0.3) is 0 Å². The van der Waals surface area contributed by atoms with Crippen molar-refractivity contribution in [3.8, 4) is 0 Å². The molecule has 0 saturated carbocycles. The molecule has 0 aromatic heterocycles. The summed E-state index contributed by atoms with van der Waals surface area (Å²) in [6, 6.07) is 0. The standard InChI is InChI=1S/2C3HF5/c2*4-1-2(5)3(6,7)8/h2*1H/b2-1+;2-1-. The van der Waals surface area contributed by atoms with Crippen molar-refractivity contribution in [2.45, 2.75) is 12.4 Å². The molecule has 0 heterocycles. The Bertz CT molecular complexity index is 225. The summed E-state index contributed by atoms with van der Waals surface area (Å²) in [5.41, 5.74) is 0. The molecule has 0 N–H and O–H groups in total. The molecule has 0 aliphatic carbocycles. The highest BCUT2D eigenvalue weighted by Gasteiger charge is 2.35. The average Bonchev–Trinajstić information content (AvgIpc) is 2.13. The van der Waals surface area contributed by atoms with Gasteiger partial charge >= 0.3 is 12.4 Å². The second-order valence-corrected chi connectivity index (χ2v) is 1.91. The van der Waals surface area contributed by atoms with E-state index in [1.807, 2.05) is 0 Å². The van der Waals surface area contributed by atoms with Crippen molar-refractivity contribution < 1.29 is 43.9 Å². The number of halogens is 10. The van der Waals surface area contributed by atoms with Crippen molar-refractivity contribution in [1.82, 2.24) is 0 Å². The zero-order chi connectivity index (χ0) is 13.6. The van der Waals surface area contributed by atoms with E-state index in [2.05, 4.69) is 0 Å². The predicted molar refractivity (Wildman–Crippen MR) is 32.7 cm³/mol. The van der Waals surface area contributed by atoms with Gasteiger partial charge in [-0.05, 0) is 0 Å². The molecule has 0 atom stereocenters. The Morgan fingerprint density at radius 3 is 0.812 bits per heavy atom. The van der Waals surface area contributed by atoms with Crippen LogP contribution in [0.5, 0.6) is 0 Å². The van der Waals surface area contributed by atoms with E-state index >= 15 is 0 Å². The maximum atomic E-state index is 11.0. The molecule has 0 aliphatic rings. The molecule has 0 aromatic rings. The van der Waals surface area contributed by atoms with E-state index in [-0.39, 0.29) is 0 Å². The van der Waals surface area contributed by atoms with Gasteiger partial charge in [0.05, 0.1) is 0 Å². The summed E-state index contributed by atoms with van der Waals surface area (Å²) in [6.07, 6.45) is -12.6. The molecule has 16 heavy (non-hydrogen) atoms. The Hall–Kier alpha value is -1.22. The van der Waals surface area contributed by atoms with Gasteiger partial charge in [-0.2, -0.15) is 35.1 Å².